The topological polar surface area (TPSA) is 30.5 Å². The van der Waals surface area contributed by atoms with E-state index in [1.807, 2.05) is 18.2 Å². The zero-order valence-electron chi connectivity index (χ0n) is 8.63. The van der Waals surface area contributed by atoms with Crippen molar-refractivity contribution in [2.45, 2.75) is 12.5 Å². The number of ether oxygens (including phenoxy) is 2. The van der Waals surface area contributed by atoms with Crippen LogP contribution in [0.1, 0.15) is 6.42 Å². The fourth-order valence-electron chi connectivity index (χ4n) is 1.65. The van der Waals surface area contributed by atoms with E-state index in [4.69, 9.17) is 9.47 Å². The highest BCUT2D eigenvalue weighted by molar-refractivity contribution is 9.10. The lowest BCUT2D eigenvalue weighted by molar-refractivity contribution is 0.195. The lowest BCUT2D eigenvalue weighted by atomic mass is 10.2. The minimum atomic E-state index is 0.420. The molecule has 1 atom stereocenters. The van der Waals surface area contributed by atoms with E-state index in [9.17, 15) is 0 Å². The Kier molecular flexibility index (Phi) is 3.49. The van der Waals surface area contributed by atoms with E-state index in [-0.39, 0.29) is 0 Å². The molecule has 0 saturated carbocycles. The number of nitrogens with one attached hydrogen (secondary N) is 1. The summed E-state index contributed by atoms with van der Waals surface area (Å²) in [6.07, 6.45) is 1.06. The second-order valence-corrected chi connectivity index (χ2v) is 4.50. The van der Waals surface area contributed by atoms with Gasteiger partial charge in [-0.2, -0.15) is 0 Å². The van der Waals surface area contributed by atoms with Crippen molar-refractivity contribution >= 4 is 21.6 Å². The summed E-state index contributed by atoms with van der Waals surface area (Å²) in [6.45, 7) is 1.64. The number of hydrogen-bond donors (Lipinski definition) is 1. The number of methoxy groups -OCH3 is 1. The summed E-state index contributed by atoms with van der Waals surface area (Å²) in [4.78, 5) is 0. The highest BCUT2D eigenvalue weighted by Crippen LogP contribution is 2.25. The van der Waals surface area contributed by atoms with E-state index >= 15 is 0 Å². The van der Waals surface area contributed by atoms with Crippen LogP contribution >= 0.6 is 15.9 Å². The highest BCUT2D eigenvalue weighted by atomic mass is 79.9. The summed E-state index contributed by atoms with van der Waals surface area (Å²) in [5, 5.41) is 3.42. The summed E-state index contributed by atoms with van der Waals surface area (Å²) in [7, 11) is 1.67. The lowest BCUT2D eigenvalue weighted by Crippen LogP contribution is -2.18. The Morgan fingerprint density at radius 2 is 2.33 bits per heavy atom. The van der Waals surface area contributed by atoms with Crippen molar-refractivity contribution in [1.29, 1.82) is 0 Å². The van der Waals surface area contributed by atoms with Crippen molar-refractivity contribution in [3.05, 3.63) is 22.7 Å². The summed E-state index contributed by atoms with van der Waals surface area (Å²) < 4.78 is 11.5. The van der Waals surface area contributed by atoms with Crippen LogP contribution in [0.15, 0.2) is 22.7 Å². The van der Waals surface area contributed by atoms with Gasteiger partial charge in [0.1, 0.15) is 5.75 Å². The van der Waals surface area contributed by atoms with Gasteiger partial charge >= 0.3 is 0 Å². The maximum absolute atomic E-state index is 5.31. The van der Waals surface area contributed by atoms with Gasteiger partial charge in [0.15, 0.2) is 0 Å². The smallest absolute Gasteiger partial charge is 0.122 e. The van der Waals surface area contributed by atoms with Crippen molar-refractivity contribution in [1.82, 2.24) is 0 Å². The summed E-state index contributed by atoms with van der Waals surface area (Å²) in [5.74, 6) is 0.853. The molecule has 0 aromatic heterocycles. The molecule has 1 fully saturated rings. The zero-order valence-corrected chi connectivity index (χ0v) is 10.2. The van der Waals surface area contributed by atoms with Crippen molar-refractivity contribution < 1.29 is 9.47 Å². The number of halogens is 1. The maximum Gasteiger partial charge on any atom is 0.122 e. The molecule has 1 aromatic carbocycles. The first kappa shape index (κ1) is 10.8. The van der Waals surface area contributed by atoms with Gasteiger partial charge in [-0.15, -0.1) is 0 Å². The number of benzene rings is 1. The standard InChI is InChI=1S/C11H14BrNO2/c1-14-11-5-8(12)4-10(6-11)13-9-2-3-15-7-9/h4-6,9,13H,2-3,7H2,1H3. The Morgan fingerprint density at radius 3 is 3.00 bits per heavy atom. The van der Waals surface area contributed by atoms with E-state index in [0.29, 0.717) is 6.04 Å². The van der Waals surface area contributed by atoms with Crippen molar-refractivity contribution in [2.24, 2.45) is 0 Å². The Labute approximate surface area is 97.9 Å². The van der Waals surface area contributed by atoms with E-state index in [2.05, 4.69) is 21.2 Å². The quantitative estimate of drug-likeness (QED) is 0.917. The van der Waals surface area contributed by atoms with Crippen LogP contribution in [0.4, 0.5) is 5.69 Å². The molecule has 0 amide bonds. The third-order valence-corrected chi connectivity index (χ3v) is 2.87. The summed E-state index contributed by atoms with van der Waals surface area (Å²) in [6, 6.07) is 6.39. The molecule has 0 aliphatic carbocycles. The van der Waals surface area contributed by atoms with E-state index in [1.54, 1.807) is 7.11 Å². The fraction of sp³-hybridized carbons (Fsp3) is 0.455. The predicted molar refractivity (Wildman–Crippen MR) is 63.5 cm³/mol. The van der Waals surface area contributed by atoms with E-state index in [0.717, 1.165) is 35.5 Å². The van der Waals surface area contributed by atoms with Crippen LogP contribution in [0, 0.1) is 0 Å². The van der Waals surface area contributed by atoms with Crippen LogP contribution < -0.4 is 10.1 Å². The van der Waals surface area contributed by atoms with Crippen molar-refractivity contribution in [3.8, 4) is 5.75 Å². The highest BCUT2D eigenvalue weighted by Gasteiger charge is 2.15. The van der Waals surface area contributed by atoms with Crippen LogP contribution in [0.25, 0.3) is 0 Å². The van der Waals surface area contributed by atoms with Gasteiger partial charge in [-0.25, -0.2) is 0 Å². The van der Waals surface area contributed by atoms with Crippen LogP contribution in [0.2, 0.25) is 0 Å². The van der Waals surface area contributed by atoms with Gasteiger partial charge in [-0.05, 0) is 18.6 Å². The molecular weight excluding hydrogens is 258 g/mol. The molecule has 82 valence electrons. The van der Waals surface area contributed by atoms with Crippen LogP contribution in [-0.2, 0) is 4.74 Å². The molecule has 0 bridgehead atoms. The SMILES string of the molecule is COc1cc(Br)cc(NC2CCOC2)c1. The maximum atomic E-state index is 5.31. The molecule has 15 heavy (non-hydrogen) atoms. The monoisotopic (exact) mass is 271 g/mol. The lowest BCUT2D eigenvalue weighted by Gasteiger charge is -2.13. The van der Waals surface area contributed by atoms with Crippen LogP contribution in [0.5, 0.6) is 5.75 Å². The second kappa shape index (κ2) is 4.86. The molecule has 3 nitrogen and oxygen atoms in total. The molecule has 1 aromatic rings. The molecule has 1 unspecified atom stereocenters. The first-order chi connectivity index (χ1) is 7.28. The average molecular weight is 272 g/mol. The van der Waals surface area contributed by atoms with Gasteiger partial charge in [0, 0.05) is 22.8 Å². The van der Waals surface area contributed by atoms with Gasteiger partial charge < -0.3 is 14.8 Å². The van der Waals surface area contributed by atoms with E-state index in [1.165, 1.54) is 0 Å². The molecular formula is C11H14BrNO2. The van der Waals surface area contributed by atoms with Crippen LogP contribution in [-0.4, -0.2) is 26.4 Å². The van der Waals surface area contributed by atoms with Crippen molar-refractivity contribution in [3.63, 3.8) is 0 Å². The van der Waals surface area contributed by atoms with Gasteiger partial charge in [0.25, 0.3) is 0 Å². The molecule has 0 radical (unpaired) electrons. The number of hydrogen-bond acceptors (Lipinski definition) is 3. The van der Waals surface area contributed by atoms with Gasteiger partial charge in [-0.3, -0.25) is 0 Å². The molecule has 1 N–H and O–H groups in total. The molecule has 0 spiro atoms. The minimum absolute atomic E-state index is 0.420. The first-order valence-corrected chi connectivity index (χ1v) is 5.76. The Morgan fingerprint density at radius 1 is 1.47 bits per heavy atom. The molecule has 2 rings (SSSR count). The van der Waals surface area contributed by atoms with Crippen LogP contribution in [0.3, 0.4) is 0 Å². The normalized spacial score (nSPS) is 20.3. The molecule has 4 heteroatoms. The number of rotatable bonds is 3. The largest absolute Gasteiger partial charge is 0.497 e. The predicted octanol–water partition coefficient (Wildman–Crippen LogP) is 2.66. The second-order valence-electron chi connectivity index (χ2n) is 3.58. The van der Waals surface area contributed by atoms with Gasteiger partial charge in [0.05, 0.1) is 19.8 Å². The fourth-order valence-corrected chi connectivity index (χ4v) is 2.12. The summed E-state index contributed by atoms with van der Waals surface area (Å²) >= 11 is 3.45. The zero-order chi connectivity index (χ0) is 10.7. The number of anilines is 1. The van der Waals surface area contributed by atoms with Gasteiger partial charge in [0.2, 0.25) is 0 Å². The van der Waals surface area contributed by atoms with Gasteiger partial charge in [-0.1, -0.05) is 15.9 Å². The third-order valence-electron chi connectivity index (χ3n) is 2.41. The third kappa shape index (κ3) is 2.86. The minimum Gasteiger partial charge on any atom is -0.497 e. The molecule has 1 saturated heterocycles. The Hall–Kier alpha value is -0.740. The van der Waals surface area contributed by atoms with Crippen molar-refractivity contribution in [2.75, 3.05) is 25.6 Å². The molecule has 1 aliphatic rings. The Bertz CT molecular complexity index is 337. The van der Waals surface area contributed by atoms with E-state index < -0.39 is 0 Å². The molecule has 1 heterocycles. The molecule has 1 aliphatic heterocycles. The average Bonchev–Trinajstić information content (AvgIpc) is 2.69. The summed E-state index contributed by atoms with van der Waals surface area (Å²) in [5.41, 5.74) is 1.07. The Balaban J connectivity index is 2.09. The first-order valence-electron chi connectivity index (χ1n) is 4.97.